The van der Waals surface area contributed by atoms with E-state index in [4.69, 9.17) is 4.74 Å². The van der Waals surface area contributed by atoms with Gasteiger partial charge >= 0.3 is 0 Å². The highest BCUT2D eigenvalue weighted by Gasteiger charge is 2.35. The Balaban J connectivity index is 1.70. The fourth-order valence-corrected chi connectivity index (χ4v) is 4.43. The van der Waals surface area contributed by atoms with Crippen molar-refractivity contribution in [3.8, 4) is 17.0 Å². The van der Waals surface area contributed by atoms with Crippen molar-refractivity contribution in [2.24, 2.45) is 5.92 Å². The second-order valence-corrected chi connectivity index (χ2v) is 9.44. The molecule has 36 heavy (non-hydrogen) atoms. The molecule has 1 aromatic carbocycles. The number of aryl methyl sites for hydroxylation is 1. The third-order valence-electron chi connectivity index (χ3n) is 6.69. The number of aromatic nitrogens is 2. The van der Waals surface area contributed by atoms with Gasteiger partial charge in [0, 0.05) is 43.7 Å². The van der Waals surface area contributed by atoms with E-state index in [0.717, 1.165) is 16.7 Å². The van der Waals surface area contributed by atoms with Crippen LogP contribution in [0, 0.1) is 12.8 Å². The molecule has 0 saturated heterocycles. The summed E-state index contributed by atoms with van der Waals surface area (Å²) in [4.78, 5) is 38.5. The van der Waals surface area contributed by atoms with Gasteiger partial charge < -0.3 is 19.6 Å². The molecule has 0 unspecified atom stereocenters. The Hall–Kier alpha value is -3.78. The molecular weight excluding hydrogens is 456 g/mol. The van der Waals surface area contributed by atoms with Crippen molar-refractivity contribution in [2.75, 3.05) is 26.7 Å². The summed E-state index contributed by atoms with van der Waals surface area (Å²) in [6.45, 7) is 6.31. The van der Waals surface area contributed by atoms with Crippen LogP contribution in [0.25, 0.3) is 11.1 Å². The van der Waals surface area contributed by atoms with Gasteiger partial charge in [-0.2, -0.15) is 0 Å². The normalized spacial score (nSPS) is 18.5. The van der Waals surface area contributed by atoms with Gasteiger partial charge in [-0.15, -0.1) is 0 Å². The molecule has 0 bridgehead atoms. The highest BCUT2D eigenvalue weighted by molar-refractivity contribution is 5.98. The Bertz CT molecular complexity index is 1230. The molecule has 0 fully saturated rings. The summed E-state index contributed by atoms with van der Waals surface area (Å²) in [5.74, 6) is -0.301. The van der Waals surface area contributed by atoms with Gasteiger partial charge in [-0.3, -0.25) is 14.6 Å². The fraction of sp³-hybridized carbons (Fsp3) is 0.357. The summed E-state index contributed by atoms with van der Waals surface area (Å²) in [7, 11) is 1.72. The molecule has 8 heteroatoms. The molecule has 0 saturated carbocycles. The Morgan fingerprint density at radius 1 is 1.22 bits per heavy atom. The van der Waals surface area contributed by atoms with Crippen LogP contribution < -0.4 is 4.74 Å². The minimum Gasteiger partial charge on any atom is -0.472 e. The number of amides is 2. The molecule has 0 aliphatic carbocycles. The van der Waals surface area contributed by atoms with Crippen LogP contribution in [0.4, 0.5) is 0 Å². The highest BCUT2D eigenvalue weighted by atomic mass is 16.5. The number of rotatable bonds is 6. The number of carbonyl (C=O) groups is 2. The Kier molecular flexibility index (Phi) is 7.64. The molecule has 4 rings (SSSR count). The molecule has 3 atom stereocenters. The van der Waals surface area contributed by atoms with Crippen LogP contribution in [0.5, 0.6) is 5.88 Å². The second kappa shape index (κ2) is 10.9. The number of hydrogen-bond acceptors (Lipinski definition) is 6. The van der Waals surface area contributed by atoms with E-state index >= 15 is 0 Å². The molecule has 8 nitrogen and oxygen atoms in total. The lowest BCUT2D eigenvalue weighted by Crippen LogP contribution is -2.50. The summed E-state index contributed by atoms with van der Waals surface area (Å²) in [5.41, 5.74) is 3.70. The van der Waals surface area contributed by atoms with Gasteiger partial charge in [-0.05, 0) is 43.2 Å². The molecule has 0 radical (unpaired) electrons. The fourth-order valence-electron chi connectivity index (χ4n) is 4.43. The number of fused-ring (bicyclic) bond motifs is 1. The van der Waals surface area contributed by atoms with Crippen LogP contribution >= 0.6 is 0 Å². The molecule has 0 spiro atoms. The zero-order valence-corrected chi connectivity index (χ0v) is 21.1. The standard InChI is InChI=1S/C28H32N4O4/c1-18-8-5-6-10-23(18)22-12-24-26(30-14-22)36-25(19(2)15-32(28(24)35)20(3)17-33)16-31(4)27(34)21-9-7-11-29-13-21/h5-14,19-20,25,33H,15-17H2,1-4H3/t19-,20-,25+/m1/s1. The summed E-state index contributed by atoms with van der Waals surface area (Å²) in [5, 5.41) is 9.88. The van der Waals surface area contributed by atoms with Crippen molar-refractivity contribution in [2.45, 2.75) is 32.9 Å². The van der Waals surface area contributed by atoms with E-state index in [9.17, 15) is 14.7 Å². The van der Waals surface area contributed by atoms with E-state index < -0.39 is 6.10 Å². The zero-order chi connectivity index (χ0) is 25.8. The van der Waals surface area contributed by atoms with Crippen molar-refractivity contribution in [3.63, 3.8) is 0 Å². The van der Waals surface area contributed by atoms with Gasteiger partial charge in [0.1, 0.15) is 11.7 Å². The maximum absolute atomic E-state index is 13.6. The molecule has 3 heterocycles. The Morgan fingerprint density at radius 3 is 2.69 bits per heavy atom. The summed E-state index contributed by atoms with van der Waals surface area (Å²) < 4.78 is 6.33. The van der Waals surface area contributed by atoms with E-state index in [1.54, 1.807) is 41.4 Å². The van der Waals surface area contributed by atoms with E-state index in [1.165, 1.54) is 6.20 Å². The molecule has 188 valence electrons. The first-order chi connectivity index (χ1) is 17.3. The number of nitrogens with zero attached hydrogens (tertiary/aromatic N) is 4. The van der Waals surface area contributed by atoms with Crippen LogP contribution in [0.3, 0.4) is 0 Å². The van der Waals surface area contributed by atoms with Crippen LogP contribution in [0.1, 0.15) is 40.1 Å². The SMILES string of the molecule is Cc1ccccc1-c1cnc2c(c1)C(=O)N([C@H](C)CO)C[C@@H](C)[C@H](CN(C)C(=O)c1cccnc1)O2. The molecule has 1 aliphatic rings. The number of hydrogen-bond donors (Lipinski definition) is 1. The largest absolute Gasteiger partial charge is 0.472 e. The zero-order valence-electron chi connectivity index (χ0n) is 21.1. The minimum absolute atomic E-state index is 0.127. The lowest BCUT2D eigenvalue weighted by atomic mass is 9.98. The van der Waals surface area contributed by atoms with Gasteiger partial charge in [0.15, 0.2) is 0 Å². The minimum atomic E-state index is -0.423. The Labute approximate surface area is 211 Å². The maximum atomic E-state index is 13.6. The monoisotopic (exact) mass is 488 g/mol. The second-order valence-electron chi connectivity index (χ2n) is 9.44. The number of pyridine rings is 2. The number of aliphatic hydroxyl groups is 1. The third-order valence-corrected chi connectivity index (χ3v) is 6.69. The average Bonchev–Trinajstić information content (AvgIpc) is 2.90. The van der Waals surface area contributed by atoms with Gasteiger partial charge in [0.05, 0.1) is 24.8 Å². The molecule has 1 N–H and O–H groups in total. The first-order valence-electron chi connectivity index (χ1n) is 12.1. The summed E-state index contributed by atoms with van der Waals surface area (Å²) in [6.07, 6.45) is 4.45. The van der Waals surface area contributed by atoms with E-state index in [2.05, 4.69) is 9.97 Å². The number of ether oxygens (including phenoxy) is 1. The van der Waals surface area contributed by atoms with Crippen molar-refractivity contribution >= 4 is 11.8 Å². The van der Waals surface area contributed by atoms with Gasteiger partial charge in [-0.1, -0.05) is 31.2 Å². The van der Waals surface area contributed by atoms with Gasteiger partial charge in [-0.25, -0.2) is 4.98 Å². The van der Waals surface area contributed by atoms with E-state index in [1.807, 2.05) is 51.1 Å². The van der Waals surface area contributed by atoms with Gasteiger partial charge in [0.25, 0.3) is 11.8 Å². The third kappa shape index (κ3) is 5.23. The van der Waals surface area contributed by atoms with E-state index in [-0.39, 0.29) is 36.3 Å². The predicted octanol–water partition coefficient (Wildman–Crippen LogP) is 3.44. The average molecular weight is 489 g/mol. The molecule has 2 amide bonds. The topological polar surface area (TPSA) is 95.9 Å². The van der Waals surface area contributed by atoms with Crippen molar-refractivity contribution in [1.29, 1.82) is 0 Å². The molecule has 1 aliphatic heterocycles. The highest BCUT2D eigenvalue weighted by Crippen LogP contribution is 2.31. The first kappa shape index (κ1) is 25.3. The summed E-state index contributed by atoms with van der Waals surface area (Å²) >= 11 is 0. The first-order valence-corrected chi connectivity index (χ1v) is 12.1. The number of aliphatic hydroxyl groups excluding tert-OH is 1. The van der Waals surface area contributed by atoms with Crippen molar-refractivity contribution < 1.29 is 19.4 Å². The molecular formula is C28H32N4O4. The molecule has 2 aromatic heterocycles. The lowest BCUT2D eigenvalue weighted by molar-refractivity contribution is 0.0313. The van der Waals surface area contributed by atoms with Gasteiger partial charge in [0.2, 0.25) is 5.88 Å². The van der Waals surface area contributed by atoms with Crippen molar-refractivity contribution in [3.05, 3.63) is 77.7 Å². The number of carbonyl (C=O) groups excluding carboxylic acids is 2. The number of benzene rings is 1. The Morgan fingerprint density at radius 2 is 2.00 bits per heavy atom. The smallest absolute Gasteiger partial charge is 0.259 e. The van der Waals surface area contributed by atoms with Crippen LogP contribution in [0.2, 0.25) is 0 Å². The number of likely N-dealkylation sites (N-methyl/N-ethyl adjacent to an activating group) is 1. The van der Waals surface area contributed by atoms with E-state index in [0.29, 0.717) is 24.2 Å². The van der Waals surface area contributed by atoms with Crippen LogP contribution in [-0.4, -0.2) is 75.6 Å². The maximum Gasteiger partial charge on any atom is 0.259 e. The van der Waals surface area contributed by atoms with Crippen molar-refractivity contribution in [1.82, 2.24) is 19.8 Å². The van der Waals surface area contributed by atoms with Crippen LogP contribution in [0.15, 0.2) is 61.1 Å². The quantitative estimate of drug-likeness (QED) is 0.571. The predicted molar refractivity (Wildman–Crippen MR) is 137 cm³/mol. The van der Waals surface area contributed by atoms with Crippen LogP contribution in [-0.2, 0) is 0 Å². The molecule has 3 aromatic rings. The summed E-state index contributed by atoms with van der Waals surface area (Å²) in [6, 6.07) is 12.8. The lowest BCUT2D eigenvalue weighted by Gasteiger charge is -2.37.